The molecule has 3 aromatic heterocycles. The molecule has 0 spiro atoms. The zero-order chi connectivity index (χ0) is 25.2. The van der Waals surface area contributed by atoms with Gasteiger partial charge in [-0.3, -0.25) is 4.79 Å². The quantitative estimate of drug-likeness (QED) is 0.313. The number of benzene rings is 2. The van der Waals surface area contributed by atoms with Crippen molar-refractivity contribution in [2.75, 3.05) is 18.5 Å². The molecule has 1 aliphatic heterocycles. The Bertz CT molecular complexity index is 1590. The van der Waals surface area contributed by atoms with Gasteiger partial charge in [-0.15, -0.1) is 0 Å². The number of aryl methyl sites for hydroxylation is 1. The highest BCUT2D eigenvalue weighted by molar-refractivity contribution is 5.92. The smallest absolute Gasteiger partial charge is 0.141 e. The Kier molecular flexibility index (Phi) is 6.24. The fraction of sp³-hybridized carbons (Fsp3) is 0.241. The molecule has 1 N–H and O–H groups in total. The lowest BCUT2D eigenvalue weighted by molar-refractivity contribution is -0.125. The van der Waals surface area contributed by atoms with Crippen molar-refractivity contribution >= 4 is 33.8 Å². The summed E-state index contributed by atoms with van der Waals surface area (Å²) in [5.74, 6) is 2.55. The van der Waals surface area contributed by atoms with Gasteiger partial charge in [0.1, 0.15) is 35.1 Å². The molecule has 2 aromatic carbocycles. The molecule has 0 saturated carbocycles. The number of carbonyl (C=O) groups excluding carboxylic acids is 1. The van der Waals surface area contributed by atoms with Crippen molar-refractivity contribution in [2.45, 2.75) is 26.2 Å². The maximum Gasteiger partial charge on any atom is 0.141 e. The number of hydrogen-bond donors (Lipinski definition) is 1. The van der Waals surface area contributed by atoms with Gasteiger partial charge in [0.25, 0.3) is 0 Å². The number of rotatable bonds is 7. The molecule has 5 aromatic rings. The van der Waals surface area contributed by atoms with Crippen LogP contribution in [0.1, 0.15) is 24.0 Å². The molecule has 4 heterocycles. The van der Waals surface area contributed by atoms with E-state index in [9.17, 15) is 4.79 Å². The number of carbonyl (C=O) groups is 1. The number of aromatic nitrogens is 4. The molecule has 0 atom stereocenters. The molecular weight excluding hydrogens is 466 g/mol. The lowest BCUT2D eigenvalue weighted by Crippen LogP contribution is -2.24. The highest BCUT2D eigenvalue weighted by Crippen LogP contribution is 2.30. The third-order valence-electron chi connectivity index (χ3n) is 6.79. The van der Waals surface area contributed by atoms with Crippen molar-refractivity contribution < 1.29 is 14.3 Å². The zero-order valence-electron chi connectivity index (χ0n) is 20.6. The van der Waals surface area contributed by atoms with E-state index in [1.807, 2.05) is 72.2 Å². The van der Waals surface area contributed by atoms with E-state index in [0.717, 1.165) is 57.7 Å². The fourth-order valence-corrected chi connectivity index (χ4v) is 4.74. The van der Waals surface area contributed by atoms with Gasteiger partial charge in [-0.2, -0.15) is 0 Å². The van der Waals surface area contributed by atoms with Crippen LogP contribution in [0, 0.1) is 12.8 Å². The first kappa shape index (κ1) is 23.1. The molecule has 0 bridgehead atoms. The second kappa shape index (κ2) is 9.99. The van der Waals surface area contributed by atoms with Crippen LogP contribution in [0.25, 0.3) is 16.6 Å². The number of fused-ring (bicyclic) bond motifs is 2. The minimum atomic E-state index is 0.0828. The second-order valence-electron chi connectivity index (χ2n) is 9.37. The Balaban J connectivity index is 1.21. The van der Waals surface area contributed by atoms with E-state index in [2.05, 4.69) is 20.3 Å². The van der Waals surface area contributed by atoms with Gasteiger partial charge >= 0.3 is 0 Å². The normalized spacial score (nSPS) is 14.2. The topological polar surface area (TPSA) is 90.6 Å². The first-order valence-corrected chi connectivity index (χ1v) is 12.4. The largest absolute Gasteiger partial charge is 0.457 e. The van der Waals surface area contributed by atoms with Crippen LogP contribution in [-0.4, -0.2) is 38.3 Å². The molecule has 1 fully saturated rings. The predicted octanol–water partition coefficient (Wildman–Crippen LogP) is 5.66. The summed E-state index contributed by atoms with van der Waals surface area (Å²) in [5.41, 5.74) is 4.49. The van der Waals surface area contributed by atoms with Gasteiger partial charge in [0.2, 0.25) is 0 Å². The Morgan fingerprint density at radius 3 is 2.81 bits per heavy atom. The molecule has 1 aliphatic rings. The van der Waals surface area contributed by atoms with Crippen LogP contribution in [0.4, 0.5) is 11.5 Å². The number of ketones is 1. The third-order valence-corrected chi connectivity index (χ3v) is 6.79. The van der Waals surface area contributed by atoms with E-state index in [4.69, 9.17) is 9.47 Å². The van der Waals surface area contributed by atoms with Crippen molar-refractivity contribution in [3.63, 3.8) is 0 Å². The molecule has 0 radical (unpaired) electrons. The summed E-state index contributed by atoms with van der Waals surface area (Å²) in [4.78, 5) is 26.0. The van der Waals surface area contributed by atoms with Crippen LogP contribution in [0.3, 0.4) is 0 Å². The molecule has 1 saturated heterocycles. The first-order chi connectivity index (χ1) is 18.1. The summed E-state index contributed by atoms with van der Waals surface area (Å²) < 4.78 is 13.5. The number of pyridine rings is 1. The highest BCUT2D eigenvalue weighted by Gasteiger charge is 2.21. The lowest BCUT2D eigenvalue weighted by Gasteiger charge is -2.20. The fourth-order valence-electron chi connectivity index (χ4n) is 4.74. The predicted molar refractivity (Wildman–Crippen MR) is 142 cm³/mol. The number of anilines is 2. The van der Waals surface area contributed by atoms with Crippen LogP contribution in [-0.2, 0) is 16.0 Å². The molecule has 0 amide bonds. The Hall–Kier alpha value is -4.30. The van der Waals surface area contributed by atoms with Crippen LogP contribution in [0.15, 0.2) is 73.4 Å². The Labute approximate surface area is 214 Å². The van der Waals surface area contributed by atoms with E-state index in [1.54, 1.807) is 12.5 Å². The maximum absolute atomic E-state index is 12.8. The first-order valence-electron chi connectivity index (χ1n) is 12.4. The Morgan fingerprint density at radius 2 is 1.95 bits per heavy atom. The van der Waals surface area contributed by atoms with Crippen molar-refractivity contribution in [3.05, 3.63) is 84.6 Å². The molecule has 37 heavy (non-hydrogen) atoms. The standard InChI is InChI=1S/C29H27N5O3/c1-19-14-22(3-5-27(19)37-23-6-10-34-11-9-30-28(34)17-23)33-29-24-15-20(2-4-25(24)31-18-32-29)16-26(35)21-7-12-36-13-8-21/h2-6,9-11,14-15,17-18,21H,7-8,12-13,16H2,1H3,(H,31,32,33). The Morgan fingerprint density at radius 1 is 1.05 bits per heavy atom. The monoisotopic (exact) mass is 493 g/mol. The van der Waals surface area contributed by atoms with E-state index in [-0.39, 0.29) is 11.7 Å². The summed E-state index contributed by atoms with van der Waals surface area (Å²) >= 11 is 0. The van der Waals surface area contributed by atoms with Gasteiger partial charge in [-0.25, -0.2) is 15.0 Å². The number of nitrogens with zero attached hydrogens (tertiary/aromatic N) is 4. The number of Topliss-reactive ketones (excluding diaryl/α,β-unsaturated/α-hetero) is 1. The maximum atomic E-state index is 12.8. The average molecular weight is 494 g/mol. The van der Waals surface area contributed by atoms with Crippen molar-refractivity contribution in [3.8, 4) is 11.5 Å². The summed E-state index contributed by atoms with van der Waals surface area (Å²) in [7, 11) is 0. The van der Waals surface area contributed by atoms with E-state index in [0.29, 0.717) is 25.5 Å². The van der Waals surface area contributed by atoms with Crippen molar-refractivity contribution in [1.82, 2.24) is 19.4 Å². The van der Waals surface area contributed by atoms with Gasteiger partial charge in [0, 0.05) is 61.3 Å². The number of hydrogen-bond acceptors (Lipinski definition) is 7. The number of ether oxygens (including phenoxy) is 2. The van der Waals surface area contributed by atoms with Gasteiger partial charge in [0.05, 0.1) is 5.52 Å². The molecule has 8 heteroatoms. The summed E-state index contributed by atoms with van der Waals surface area (Å²) in [6.07, 6.45) is 9.15. The van der Waals surface area contributed by atoms with Crippen LogP contribution in [0.5, 0.6) is 11.5 Å². The lowest BCUT2D eigenvalue weighted by atomic mass is 9.91. The molecule has 8 nitrogen and oxygen atoms in total. The van der Waals surface area contributed by atoms with E-state index in [1.165, 1.54) is 0 Å². The number of imidazole rings is 1. The molecule has 0 unspecified atom stereocenters. The minimum Gasteiger partial charge on any atom is -0.457 e. The minimum absolute atomic E-state index is 0.0828. The molecule has 6 rings (SSSR count). The van der Waals surface area contributed by atoms with Crippen LogP contribution >= 0.6 is 0 Å². The highest BCUT2D eigenvalue weighted by atomic mass is 16.5. The molecule has 0 aliphatic carbocycles. The van der Waals surface area contributed by atoms with E-state index < -0.39 is 0 Å². The third kappa shape index (κ3) is 5.01. The summed E-state index contributed by atoms with van der Waals surface area (Å²) in [6, 6.07) is 15.7. The summed E-state index contributed by atoms with van der Waals surface area (Å²) in [6.45, 7) is 3.34. The number of nitrogens with one attached hydrogen (secondary N) is 1. The van der Waals surface area contributed by atoms with Crippen LogP contribution in [0.2, 0.25) is 0 Å². The van der Waals surface area contributed by atoms with Crippen molar-refractivity contribution in [1.29, 1.82) is 0 Å². The summed E-state index contributed by atoms with van der Waals surface area (Å²) in [5, 5.41) is 4.30. The molecule has 186 valence electrons. The van der Waals surface area contributed by atoms with Crippen molar-refractivity contribution in [2.24, 2.45) is 5.92 Å². The van der Waals surface area contributed by atoms with Gasteiger partial charge in [-0.1, -0.05) is 6.07 Å². The van der Waals surface area contributed by atoms with Gasteiger partial charge < -0.3 is 19.2 Å². The van der Waals surface area contributed by atoms with Gasteiger partial charge in [0.15, 0.2) is 0 Å². The second-order valence-corrected chi connectivity index (χ2v) is 9.37. The van der Waals surface area contributed by atoms with Gasteiger partial charge in [-0.05, 0) is 67.3 Å². The zero-order valence-corrected chi connectivity index (χ0v) is 20.6. The molecular formula is C29H27N5O3. The van der Waals surface area contributed by atoms with Crippen LogP contribution < -0.4 is 10.1 Å². The van der Waals surface area contributed by atoms with E-state index >= 15 is 0 Å². The SMILES string of the molecule is Cc1cc(Nc2ncnc3ccc(CC(=O)C4CCOCC4)cc23)ccc1Oc1ccn2ccnc2c1. The average Bonchev–Trinajstić information content (AvgIpc) is 3.39.